The highest BCUT2D eigenvalue weighted by Gasteiger charge is 2.36. The average Bonchev–Trinajstić information content (AvgIpc) is 3.28. The Bertz CT molecular complexity index is 2550. The SMILES string of the molecule is COC(=O)[C@@H]1Cc2ccc(cc2)Oc2cc3cc(c2OC)Oc2ccc(cc2)C[C@@H](NC(=O)OC(C)(C)C)C(=O)N[C@@H](c2ccccc2)C(=O)N[C@H]3C(=O)N[C@H](c2ccccc2)C(=O)N1. The second kappa shape index (κ2) is 19.7. The molecule has 0 radical (unpaired) electrons. The monoisotopic (exact) mass is 883 g/mol. The molecule has 5 N–H and O–H groups in total. The third-order valence-corrected chi connectivity index (χ3v) is 10.5. The van der Waals surface area contributed by atoms with Gasteiger partial charge in [-0.05, 0) is 85.0 Å². The normalized spacial score (nSPS) is 20.2. The number of hydrogen-bond donors (Lipinski definition) is 5. The van der Waals surface area contributed by atoms with E-state index in [4.69, 9.17) is 23.7 Å². The highest BCUT2D eigenvalue weighted by atomic mass is 16.6. The van der Waals surface area contributed by atoms with E-state index < -0.39 is 71.5 Å². The van der Waals surface area contributed by atoms with Crippen molar-refractivity contribution in [2.45, 2.75) is 69.4 Å². The number of ether oxygens (including phenoxy) is 5. The molecule has 5 aromatic carbocycles. The summed E-state index contributed by atoms with van der Waals surface area (Å²) in [5.74, 6) is -2.92. The van der Waals surface area contributed by atoms with Gasteiger partial charge in [-0.1, -0.05) is 84.9 Å². The molecule has 336 valence electrons. The van der Waals surface area contributed by atoms with E-state index in [9.17, 15) is 24.0 Å². The first-order valence-electron chi connectivity index (χ1n) is 20.8. The molecular formula is C49H49N5O11. The first-order chi connectivity index (χ1) is 31.2. The Morgan fingerprint density at radius 2 is 1.03 bits per heavy atom. The summed E-state index contributed by atoms with van der Waals surface area (Å²) in [4.78, 5) is 84.9. The summed E-state index contributed by atoms with van der Waals surface area (Å²) in [6, 6.07) is 26.4. The quantitative estimate of drug-likeness (QED) is 0.133. The minimum absolute atomic E-state index is 0.0190. The van der Waals surface area contributed by atoms with Crippen molar-refractivity contribution in [3.63, 3.8) is 0 Å². The van der Waals surface area contributed by atoms with E-state index in [-0.39, 0.29) is 35.7 Å². The number of alkyl carbamates (subject to hydrolysis) is 1. The number of amides is 5. The second-order valence-corrected chi connectivity index (χ2v) is 16.4. The van der Waals surface area contributed by atoms with Crippen LogP contribution in [0.3, 0.4) is 0 Å². The second-order valence-electron chi connectivity index (χ2n) is 16.4. The maximum absolute atomic E-state index is 15.0. The number of carbonyl (C=O) groups excluding carboxylic acids is 6. The van der Waals surface area contributed by atoms with Crippen molar-refractivity contribution in [1.29, 1.82) is 0 Å². The smallest absolute Gasteiger partial charge is 0.408 e. The predicted molar refractivity (Wildman–Crippen MR) is 236 cm³/mol. The zero-order valence-electron chi connectivity index (χ0n) is 36.3. The van der Waals surface area contributed by atoms with Gasteiger partial charge >= 0.3 is 12.1 Å². The summed E-state index contributed by atoms with van der Waals surface area (Å²) >= 11 is 0. The van der Waals surface area contributed by atoms with Gasteiger partial charge in [-0.3, -0.25) is 19.2 Å². The van der Waals surface area contributed by atoms with Crippen LogP contribution in [0.25, 0.3) is 0 Å². The van der Waals surface area contributed by atoms with Crippen LogP contribution >= 0.6 is 0 Å². The van der Waals surface area contributed by atoms with E-state index in [0.29, 0.717) is 33.8 Å². The molecule has 4 heterocycles. The molecule has 4 aliphatic heterocycles. The number of rotatable bonds is 5. The van der Waals surface area contributed by atoms with E-state index >= 15 is 4.79 Å². The number of fused-ring (bicyclic) bond motifs is 16. The molecule has 0 aliphatic carbocycles. The van der Waals surface area contributed by atoms with Gasteiger partial charge in [0.15, 0.2) is 11.5 Å². The van der Waals surface area contributed by atoms with E-state index in [1.54, 1.807) is 130 Å². The van der Waals surface area contributed by atoms with Gasteiger partial charge in [0.1, 0.15) is 47.3 Å². The maximum atomic E-state index is 15.0. The van der Waals surface area contributed by atoms with Crippen LogP contribution in [-0.4, -0.2) is 67.6 Å². The number of methoxy groups -OCH3 is 2. The molecule has 16 nitrogen and oxygen atoms in total. The summed E-state index contributed by atoms with van der Waals surface area (Å²) in [5, 5.41) is 13.8. The molecule has 7 bridgehead atoms. The van der Waals surface area contributed by atoms with Crippen LogP contribution in [0.4, 0.5) is 4.79 Å². The molecule has 0 unspecified atom stereocenters. The molecule has 5 atom stereocenters. The highest BCUT2D eigenvalue weighted by Crippen LogP contribution is 2.44. The third kappa shape index (κ3) is 11.2. The maximum Gasteiger partial charge on any atom is 0.408 e. The molecule has 0 aromatic heterocycles. The lowest BCUT2D eigenvalue weighted by molar-refractivity contribution is -0.145. The van der Waals surface area contributed by atoms with Crippen LogP contribution in [-0.2, 0) is 46.3 Å². The Labute approximate surface area is 375 Å². The summed E-state index contributed by atoms with van der Waals surface area (Å²) in [6.45, 7) is 5.06. The summed E-state index contributed by atoms with van der Waals surface area (Å²) in [6.07, 6.45) is -0.845. The third-order valence-electron chi connectivity index (χ3n) is 10.5. The lowest BCUT2D eigenvalue weighted by atomic mass is 9.99. The molecule has 5 amide bonds. The van der Waals surface area contributed by atoms with Crippen LogP contribution < -0.4 is 40.8 Å². The number of hydrogen-bond acceptors (Lipinski definition) is 11. The van der Waals surface area contributed by atoms with Crippen molar-refractivity contribution < 1.29 is 52.5 Å². The van der Waals surface area contributed by atoms with Gasteiger partial charge in [0, 0.05) is 12.8 Å². The molecule has 0 saturated heterocycles. The van der Waals surface area contributed by atoms with Gasteiger partial charge in [0.2, 0.25) is 29.4 Å². The van der Waals surface area contributed by atoms with Crippen molar-refractivity contribution in [2.75, 3.05) is 14.2 Å². The van der Waals surface area contributed by atoms with E-state index in [1.807, 2.05) is 0 Å². The van der Waals surface area contributed by atoms with Crippen LogP contribution in [0.2, 0.25) is 0 Å². The molecule has 0 spiro atoms. The van der Waals surface area contributed by atoms with Crippen molar-refractivity contribution in [3.05, 3.63) is 149 Å². The fourth-order valence-electron chi connectivity index (χ4n) is 7.36. The standard InChI is InChI=1S/C49H49N5O11/c1-49(2,3)65-48(60)51-35-24-28-16-20-33(21-17-28)63-37-26-32-27-38(42(37)61-4)64-34-22-18-29(19-23-34)25-36(47(59)62-5)50-44(56)39(30-12-8-6-9-13-30)53-46(58)41(32)54-45(57)40(52-43(35)55)31-14-10-7-11-15-31/h6-23,26-27,35-36,39-41H,24-25H2,1-5H3,(H,50,56)(H,51,60)(H,52,55)(H,53,58)(H,54,57)/t35-,36+,39-,40+,41-/m1/s1. The van der Waals surface area contributed by atoms with Crippen LogP contribution in [0.1, 0.15) is 66.7 Å². The Morgan fingerprint density at radius 3 is 1.49 bits per heavy atom. The van der Waals surface area contributed by atoms with Crippen LogP contribution in [0.5, 0.6) is 28.7 Å². The van der Waals surface area contributed by atoms with Gasteiger partial charge in [-0.25, -0.2) is 9.59 Å². The summed E-state index contributed by atoms with van der Waals surface area (Å²) < 4.78 is 29.3. The van der Waals surface area contributed by atoms with Crippen molar-refractivity contribution in [1.82, 2.24) is 26.6 Å². The van der Waals surface area contributed by atoms with E-state index in [1.165, 1.54) is 26.4 Å². The van der Waals surface area contributed by atoms with E-state index in [0.717, 1.165) is 0 Å². The lowest BCUT2D eigenvalue weighted by Crippen LogP contribution is -2.53. The zero-order valence-corrected chi connectivity index (χ0v) is 36.3. The Morgan fingerprint density at radius 1 is 0.585 bits per heavy atom. The van der Waals surface area contributed by atoms with Gasteiger partial charge in [-0.2, -0.15) is 0 Å². The van der Waals surface area contributed by atoms with Gasteiger partial charge in [-0.15, -0.1) is 0 Å². The number of nitrogens with one attached hydrogen (secondary N) is 5. The highest BCUT2D eigenvalue weighted by molar-refractivity contribution is 5.97. The molecular weight excluding hydrogens is 835 g/mol. The number of carbonyl (C=O) groups is 6. The summed E-state index contributed by atoms with van der Waals surface area (Å²) in [7, 11) is 2.63. The van der Waals surface area contributed by atoms with Gasteiger partial charge in [0.05, 0.1) is 14.2 Å². The molecule has 5 aromatic rings. The fraction of sp³-hybridized carbons (Fsp3) is 0.265. The topological polar surface area (TPSA) is 209 Å². The lowest BCUT2D eigenvalue weighted by Gasteiger charge is -2.29. The zero-order chi connectivity index (χ0) is 46.3. The Hall–Kier alpha value is -7.88. The fourth-order valence-corrected chi connectivity index (χ4v) is 7.36. The molecule has 0 fully saturated rings. The molecule has 16 heteroatoms. The van der Waals surface area contributed by atoms with Crippen molar-refractivity contribution in [2.24, 2.45) is 0 Å². The Kier molecular flexibility index (Phi) is 13.7. The molecule has 4 aliphatic rings. The minimum atomic E-state index is -1.63. The molecule has 65 heavy (non-hydrogen) atoms. The van der Waals surface area contributed by atoms with Gasteiger partial charge < -0.3 is 50.3 Å². The molecule has 0 saturated carbocycles. The van der Waals surface area contributed by atoms with Crippen LogP contribution in [0, 0.1) is 0 Å². The van der Waals surface area contributed by atoms with Crippen molar-refractivity contribution in [3.8, 4) is 28.7 Å². The molecule has 9 rings (SSSR count). The number of benzene rings is 5. The van der Waals surface area contributed by atoms with Crippen molar-refractivity contribution >= 4 is 35.7 Å². The van der Waals surface area contributed by atoms with E-state index in [2.05, 4.69) is 26.6 Å². The number of esters is 1. The Balaban J connectivity index is 1.41. The van der Waals surface area contributed by atoms with Crippen LogP contribution in [0.15, 0.2) is 121 Å². The summed E-state index contributed by atoms with van der Waals surface area (Å²) in [5.41, 5.74) is 1.24. The predicted octanol–water partition coefficient (Wildman–Crippen LogP) is 5.82. The minimum Gasteiger partial charge on any atom is -0.490 e. The van der Waals surface area contributed by atoms with Gasteiger partial charge in [0.25, 0.3) is 0 Å². The first kappa shape index (κ1) is 45.2. The largest absolute Gasteiger partial charge is 0.490 e. The first-order valence-corrected chi connectivity index (χ1v) is 20.8. The average molecular weight is 884 g/mol.